The molecule has 0 saturated heterocycles. The monoisotopic (exact) mass is 267 g/mol. The second kappa shape index (κ2) is 5.47. The molecule has 18 heavy (non-hydrogen) atoms. The average Bonchev–Trinajstić information content (AvgIpc) is 2.26. The van der Waals surface area contributed by atoms with Crippen molar-refractivity contribution < 1.29 is 22.7 Å². The number of hydrogen-bond acceptors (Lipinski definition) is 3. The fourth-order valence-electron chi connectivity index (χ4n) is 2.59. The molecule has 0 amide bonds. The van der Waals surface area contributed by atoms with Crippen molar-refractivity contribution in [2.45, 2.75) is 57.3 Å². The minimum absolute atomic E-state index is 0.0199. The van der Waals surface area contributed by atoms with E-state index in [9.17, 15) is 18.0 Å². The SMILES string of the molecule is COC(=O)C1(NC(C)C)CCC(C(F)(F)F)CC1. The lowest BCUT2D eigenvalue weighted by Crippen LogP contribution is -2.57. The van der Waals surface area contributed by atoms with Gasteiger partial charge in [0.15, 0.2) is 0 Å². The van der Waals surface area contributed by atoms with Crippen LogP contribution in [0.4, 0.5) is 13.2 Å². The molecule has 0 aromatic rings. The Bertz CT molecular complexity index is 294. The largest absolute Gasteiger partial charge is 0.468 e. The summed E-state index contributed by atoms with van der Waals surface area (Å²) in [4.78, 5) is 11.8. The fourth-order valence-corrected chi connectivity index (χ4v) is 2.59. The van der Waals surface area contributed by atoms with Crippen LogP contribution < -0.4 is 5.32 Å². The molecule has 1 aliphatic carbocycles. The number of carbonyl (C=O) groups is 1. The summed E-state index contributed by atoms with van der Waals surface area (Å²) in [6.45, 7) is 3.72. The van der Waals surface area contributed by atoms with Gasteiger partial charge in [-0.1, -0.05) is 0 Å². The van der Waals surface area contributed by atoms with Crippen LogP contribution in [0.25, 0.3) is 0 Å². The number of nitrogens with one attached hydrogen (secondary N) is 1. The van der Waals surface area contributed by atoms with E-state index in [1.807, 2.05) is 13.8 Å². The maximum absolute atomic E-state index is 12.6. The Morgan fingerprint density at radius 3 is 2.17 bits per heavy atom. The van der Waals surface area contributed by atoms with Crippen molar-refractivity contribution in [1.29, 1.82) is 0 Å². The lowest BCUT2D eigenvalue weighted by Gasteiger charge is -2.40. The van der Waals surface area contributed by atoms with Gasteiger partial charge in [0.1, 0.15) is 5.54 Å². The van der Waals surface area contributed by atoms with E-state index < -0.39 is 23.6 Å². The molecular weight excluding hydrogens is 247 g/mol. The molecule has 0 heterocycles. The number of rotatable bonds is 3. The second-order valence-corrected chi connectivity index (χ2v) is 5.19. The van der Waals surface area contributed by atoms with Crippen LogP contribution in [0.5, 0.6) is 0 Å². The quantitative estimate of drug-likeness (QED) is 0.799. The summed E-state index contributed by atoms with van der Waals surface area (Å²) in [7, 11) is 1.27. The third-order valence-electron chi connectivity index (χ3n) is 3.44. The van der Waals surface area contributed by atoms with Crippen LogP contribution in [-0.2, 0) is 9.53 Å². The highest BCUT2D eigenvalue weighted by Crippen LogP contribution is 2.41. The summed E-state index contributed by atoms with van der Waals surface area (Å²) in [5.74, 6) is -1.76. The molecule has 0 spiro atoms. The molecule has 0 aromatic carbocycles. The molecule has 106 valence electrons. The number of esters is 1. The molecule has 1 fully saturated rings. The van der Waals surface area contributed by atoms with Gasteiger partial charge in [-0.25, -0.2) is 0 Å². The van der Waals surface area contributed by atoms with E-state index in [4.69, 9.17) is 4.74 Å². The van der Waals surface area contributed by atoms with E-state index in [1.54, 1.807) is 0 Å². The lowest BCUT2D eigenvalue weighted by atomic mass is 9.75. The summed E-state index contributed by atoms with van der Waals surface area (Å²) in [6, 6.07) is 0.0199. The molecule has 0 unspecified atom stereocenters. The number of ether oxygens (including phenoxy) is 1. The van der Waals surface area contributed by atoms with Crippen molar-refractivity contribution in [2.24, 2.45) is 5.92 Å². The predicted molar refractivity (Wildman–Crippen MR) is 61.0 cm³/mol. The molecule has 1 N–H and O–H groups in total. The first kappa shape index (κ1) is 15.3. The zero-order valence-corrected chi connectivity index (χ0v) is 10.9. The fraction of sp³-hybridized carbons (Fsp3) is 0.917. The highest BCUT2D eigenvalue weighted by molar-refractivity contribution is 5.81. The number of methoxy groups -OCH3 is 1. The molecule has 1 saturated carbocycles. The van der Waals surface area contributed by atoms with Crippen LogP contribution in [0.1, 0.15) is 39.5 Å². The van der Waals surface area contributed by atoms with Gasteiger partial charge in [-0.2, -0.15) is 13.2 Å². The van der Waals surface area contributed by atoms with Gasteiger partial charge in [0, 0.05) is 6.04 Å². The maximum atomic E-state index is 12.6. The van der Waals surface area contributed by atoms with Gasteiger partial charge in [0.2, 0.25) is 0 Å². The van der Waals surface area contributed by atoms with Crippen molar-refractivity contribution in [3.05, 3.63) is 0 Å². The summed E-state index contributed by atoms with van der Waals surface area (Å²) in [5.41, 5.74) is -0.954. The standard InChI is InChI=1S/C12H20F3NO2/c1-8(2)16-11(10(17)18-3)6-4-9(5-7-11)12(13,14)15/h8-9,16H,4-7H2,1-3H3. The molecule has 0 bridgehead atoms. The molecule has 0 radical (unpaired) electrons. The molecule has 3 nitrogen and oxygen atoms in total. The van der Waals surface area contributed by atoms with Crippen LogP contribution >= 0.6 is 0 Å². The van der Waals surface area contributed by atoms with E-state index in [2.05, 4.69) is 5.32 Å². The Labute approximate surface area is 105 Å². The highest BCUT2D eigenvalue weighted by Gasteiger charge is 2.49. The maximum Gasteiger partial charge on any atom is 0.391 e. The molecule has 0 aliphatic heterocycles. The van der Waals surface area contributed by atoms with Gasteiger partial charge < -0.3 is 4.74 Å². The van der Waals surface area contributed by atoms with Crippen LogP contribution in [0.15, 0.2) is 0 Å². The number of halogens is 3. The lowest BCUT2D eigenvalue weighted by molar-refractivity contribution is -0.188. The van der Waals surface area contributed by atoms with E-state index >= 15 is 0 Å². The molecule has 0 aromatic heterocycles. The Kier molecular flexibility index (Phi) is 4.64. The number of carbonyl (C=O) groups excluding carboxylic acids is 1. The van der Waals surface area contributed by atoms with E-state index in [0.717, 1.165) is 0 Å². The molecule has 6 heteroatoms. The smallest absolute Gasteiger partial charge is 0.391 e. The van der Waals surface area contributed by atoms with Gasteiger partial charge in [-0.15, -0.1) is 0 Å². The third-order valence-corrected chi connectivity index (χ3v) is 3.44. The Balaban J connectivity index is 2.76. The summed E-state index contributed by atoms with van der Waals surface area (Å²) >= 11 is 0. The first-order chi connectivity index (χ1) is 8.21. The molecular formula is C12H20F3NO2. The number of hydrogen-bond donors (Lipinski definition) is 1. The Morgan fingerprint density at radius 1 is 1.33 bits per heavy atom. The van der Waals surface area contributed by atoms with Gasteiger partial charge >= 0.3 is 12.1 Å². The summed E-state index contributed by atoms with van der Waals surface area (Å²) in [5, 5.41) is 3.08. The molecule has 1 rings (SSSR count). The average molecular weight is 267 g/mol. The van der Waals surface area contributed by atoms with E-state index in [0.29, 0.717) is 0 Å². The van der Waals surface area contributed by atoms with Crippen LogP contribution in [0, 0.1) is 5.92 Å². The third kappa shape index (κ3) is 3.37. The van der Waals surface area contributed by atoms with Crippen LogP contribution in [-0.4, -0.2) is 30.8 Å². The summed E-state index contributed by atoms with van der Waals surface area (Å²) < 4.78 is 42.5. The van der Waals surface area contributed by atoms with Crippen molar-refractivity contribution >= 4 is 5.97 Å². The van der Waals surface area contributed by atoms with Gasteiger partial charge in [0.25, 0.3) is 0 Å². The Morgan fingerprint density at radius 2 is 1.83 bits per heavy atom. The zero-order valence-electron chi connectivity index (χ0n) is 10.9. The highest BCUT2D eigenvalue weighted by atomic mass is 19.4. The van der Waals surface area contributed by atoms with Crippen molar-refractivity contribution in [3.63, 3.8) is 0 Å². The molecule has 1 aliphatic rings. The zero-order chi connectivity index (χ0) is 14.0. The first-order valence-electron chi connectivity index (χ1n) is 6.14. The minimum atomic E-state index is -4.17. The van der Waals surface area contributed by atoms with Gasteiger partial charge in [-0.05, 0) is 39.5 Å². The minimum Gasteiger partial charge on any atom is -0.468 e. The van der Waals surface area contributed by atoms with E-state index in [-0.39, 0.29) is 31.7 Å². The Hall–Kier alpha value is -0.780. The topological polar surface area (TPSA) is 38.3 Å². The van der Waals surface area contributed by atoms with Crippen molar-refractivity contribution in [3.8, 4) is 0 Å². The van der Waals surface area contributed by atoms with Crippen molar-refractivity contribution in [1.82, 2.24) is 5.32 Å². The number of alkyl halides is 3. The molecule has 0 atom stereocenters. The summed E-state index contributed by atoms with van der Waals surface area (Å²) in [6.07, 6.45) is -3.89. The normalized spacial score (nSPS) is 29.4. The van der Waals surface area contributed by atoms with Gasteiger partial charge in [-0.3, -0.25) is 10.1 Å². The second-order valence-electron chi connectivity index (χ2n) is 5.19. The predicted octanol–water partition coefficient (Wildman–Crippen LogP) is 2.65. The van der Waals surface area contributed by atoms with E-state index in [1.165, 1.54) is 7.11 Å². The van der Waals surface area contributed by atoms with Crippen molar-refractivity contribution in [2.75, 3.05) is 7.11 Å². The first-order valence-corrected chi connectivity index (χ1v) is 6.14. The van der Waals surface area contributed by atoms with Gasteiger partial charge in [0.05, 0.1) is 13.0 Å². The van der Waals surface area contributed by atoms with Crippen LogP contribution in [0.3, 0.4) is 0 Å². The van der Waals surface area contributed by atoms with Crippen LogP contribution in [0.2, 0.25) is 0 Å².